The third-order valence-electron chi connectivity index (χ3n) is 3.72. The Labute approximate surface area is 86.5 Å². The maximum Gasteiger partial charge on any atom is 0.0404 e. The lowest BCUT2D eigenvalue weighted by atomic mass is 10.0. The number of hydrogen-bond donors (Lipinski definition) is 1. The van der Waals surface area contributed by atoms with Gasteiger partial charge in [-0.3, -0.25) is 0 Å². The smallest absolute Gasteiger partial charge is 0.0404 e. The van der Waals surface area contributed by atoms with Crippen LogP contribution in [0.5, 0.6) is 0 Å². The lowest BCUT2D eigenvalue weighted by Crippen LogP contribution is -2.22. The second kappa shape index (κ2) is 3.62. The molecule has 0 spiro atoms. The summed E-state index contributed by atoms with van der Waals surface area (Å²) in [5.41, 5.74) is 0.865. The second-order valence-corrected chi connectivity index (χ2v) is 5.22. The van der Waals surface area contributed by atoms with Crippen molar-refractivity contribution >= 4 is 11.6 Å². The Balaban J connectivity index is 2.30. The molecular formula is C11H20ClN. The molecule has 0 atom stereocenters. The molecule has 0 saturated heterocycles. The SMILES string of the molecule is CC1(C)C(NC/C=C/CCl)C1(C)C. The molecule has 1 aliphatic carbocycles. The summed E-state index contributed by atoms with van der Waals surface area (Å²) in [7, 11) is 0. The van der Waals surface area contributed by atoms with Crippen LogP contribution in [-0.4, -0.2) is 18.5 Å². The fourth-order valence-corrected chi connectivity index (χ4v) is 2.16. The average molecular weight is 202 g/mol. The minimum atomic E-state index is 0.432. The van der Waals surface area contributed by atoms with E-state index in [0.717, 1.165) is 6.54 Å². The molecule has 0 radical (unpaired) electrons. The van der Waals surface area contributed by atoms with Crippen molar-refractivity contribution in [3.8, 4) is 0 Å². The molecule has 1 N–H and O–H groups in total. The molecule has 0 aromatic carbocycles. The molecule has 1 aliphatic rings. The molecule has 76 valence electrons. The van der Waals surface area contributed by atoms with Crippen molar-refractivity contribution in [3.05, 3.63) is 12.2 Å². The highest BCUT2D eigenvalue weighted by Gasteiger charge is 2.64. The van der Waals surface area contributed by atoms with E-state index in [0.29, 0.717) is 22.8 Å². The number of rotatable bonds is 4. The summed E-state index contributed by atoms with van der Waals surface area (Å²) >= 11 is 5.53. The summed E-state index contributed by atoms with van der Waals surface area (Å²) in [6, 6.07) is 0.639. The molecule has 0 amide bonds. The number of alkyl halides is 1. The van der Waals surface area contributed by atoms with Gasteiger partial charge in [0.1, 0.15) is 0 Å². The van der Waals surface area contributed by atoms with Crippen LogP contribution < -0.4 is 5.32 Å². The van der Waals surface area contributed by atoms with Gasteiger partial charge in [0.15, 0.2) is 0 Å². The van der Waals surface area contributed by atoms with Gasteiger partial charge < -0.3 is 5.32 Å². The highest BCUT2D eigenvalue weighted by atomic mass is 35.5. The summed E-state index contributed by atoms with van der Waals surface area (Å²) in [6.07, 6.45) is 4.08. The van der Waals surface area contributed by atoms with Crippen molar-refractivity contribution in [3.63, 3.8) is 0 Å². The lowest BCUT2D eigenvalue weighted by Gasteiger charge is -2.03. The summed E-state index contributed by atoms with van der Waals surface area (Å²) in [6.45, 7) is 10.2. The molecule has 1 fully saturated rings. The van der Waals surface area contributed by atoms with Crippen LogP contribution in [0.4, 0.5) is 0 Å². The molecule has 0 aliphatic heterocycles. The quantitative estimate of drug-likeness (QED) is 0.545. The Bertz CT molecular complexity index is 192. The van der Waals surface area contributed by atoms with Crippen molar-refractivity contribution in [1.82, 2.24) is 5.32 Å². The van der Waals surface area contributed by atoms with Crippen LogP contribution in [0.15, 0.2) is 12.2 Å². The molecule has 0 heterocycles. The monoisotopic (exact) mass is 201 g/mol. The Kier molecular flexibility index (Phi) is 3.09. The van der Waals surface area contributed by atoms with E-state index in [2.05, 4.69) is 39.1 Å². The maximum absolute atomic E-state index is 5.53. The average Bonchev–Trinajstić information content (AvgIpc) is 2.39. The van der Waals surface area contributed by atoms with E-state index in [1.54, 1.807) is 0 Å². The third kappa shape index (κ3) is 1.92. The van der Waals surface area contributed by atoms with E-state index in [9.17, 15) is 0 Å². The van der Waals surface area contributed by atoms with Gasteiger partial charge >= 0.3 is 0 Å². The largest absolute Gasteiger partial charge is 0.309 e. The van der Waals surface area contributed by atoms with Gasteiger partial charge in [0.05, 0.1) is 0 Å². The van der Waals surface area contributed by atoms with E-state index in [1.165, 1.54) is 0 Å². The van der Waals surface area contributed by atoms with E-state index in [-0.39, 0.29) is 0 Å². The normalized spacial score (nSPS) is 25.3. The standard InChI is InChI=1S/C11H20ClN/c1-10(2)9(11(10,3)4)13-8-6-5-7-12/h5-6,9,13H,7-8H2,1-4H3/b6-5+. The summed E-state index contributed by atoms with van der Waals surface area (Å²) in [5.74, 6) is 0.610. The van der Waals surface area contributed by atoms with Crippen LogP contribution in [0.2, 0.25) is 0 Å². The highest BCUT2D eigenvalue weighted by Crippen LogP contribution is 2.62. The van der Waals surface area contributed by atoms with Crippen LogP contribution in [0, 0.1) is 10.8 Å². The predicted molar refractivity (Wildman–Crippen MR) is 59.2 cm³/mol. The summed E-state index contributed by atoms with van der Waals surface area (Å²) < 4.78 is 0. The molecule has 1 rings (SSSR count). The van der Waals surface area contributed by atoms with Crippen molar-refractivity contribution in [2.24, 2.45) is 10.8 Å². The van der Waals surface area contributed by atoms with Crippen molar-refractivity contribution in [1.29, 1.82) is 0 Å². The molecule has 13 heavy (non-hydrogen) atoms. The third-order valence-corrected chi connectivity index (χ3v) is 3.89. The molecule has 0 aromatic rings. The van der Waals surface area contributed by atoms with Crippen LogP contribution in [0.1, 0.15) is 27.7 Å². The van der Waals surface area contributed by atoms with E-state index in [1.807, 2.05) is 6.08 Å². The Hall–Kier alpha value is -0.0100. The zero-order valence-electron chi connectivity index (χ0n) is 9.02. The van der Waals surface area contributed by atoms with Crippen molar-refractivity contribution in [2.45, 2.75) is 33.7 Å². The van der Waals surface area contributed by atoms with Crippen LogP contribution in [0.25, 0.3) is 0 Å². The van der Waals surface area contributed by atoms with E-state index >= 15 is 0 Å². The van der Waals surface area contributed by atoms with Gasteiger partial charge in [-0.05, 0) is 10.8 Å². The van der Waals surface area contributed by atoms with Crippen molar-refractivity contribution < 1.29 is 0 Å². The van der Waals surface area contributed by atoms with Crippen LogP contribution in [-0.2, 0) is 0 Å². The fraction of sp³-hybridized carbons (Fsp3) is 0.818. The molecule has 1 nitrogen and oxygen atoms in total. The zero-order valence-corrected chi connectivity index (χ0v) is 9.78. The number of nitrogens with one attached hydrogen (secondary N) is 1. The van der Waals surface area contributed by atoms with Gasteiger partial charge in [-0.25, -0.2) is 0 Å². The Morgan fingerprint density at radius 3 is 2.08 bits per heavy atom. The Morgan fingerprint density at radius 1 is 1.15 bits per heavy atom. The van der Waals surface area contributed by atoms with Gasteiger partial charge in [-0.15, -0.1) is 11.6 Å². The molecule has 2 heteroatoms. The molecule has 0 aromatic heterocycles. The van der Waals surface area contributed by atoms with E-state index < -0.39 is 0 Å². The molecule has 1 saturated carbocycles. The topological polar surface area (TPSA) is 12.0 Å². The van der Waals surface area contributed by atoms with Gasteiger partial charge in [-0.1, -0.05) is 39.8 Å². The van der Waals surface area contributed by atoms with Crippen LogP contribution in [0.3, 0.4) is 0 Å². The first-order valence-electron chi connectivity index (χ1n) is 4.89. The maximum atomic E-state index is 5.53. The lowest BCUT2D eigenvalue weighted by molar-refractivity contribution is 0.457. The van der Waals surface area contributed by atoms with Gasteiger partial charge in [-0.2, -0.15) is 0 Å². The van der Waals surface area contributed by atoms with Gasteiger partial charge in [0.2, 0.25) is 0 Å². The highest BCUT2D eigenvalue weighted by molar-refractivity contribution is 6.18. The summed E-state index contributed by atoms with van der Waals surface area (Å²) in [4.78, 5) is 0. The number of hydrogen-bond acceptors (Lipinski definition) is 1. The zero-order chi connectivity index (χ0) is 10.1. The molecular weight excluding hydrogens is 182 g/mol. The molecule has 0 unspecified atom stereocenters. The fourth-order valence-electron chi connectivity index (χ4n) is 2.04. The second-order valence-electron chi connectivity index (χ2n) is 4.91. The first-order chi connectivity index (χ1) is 5.94. The van der Waals surface area contributed by atoms with Gasteiger partial charge in [0, 0.05) is 18.5 Å². The van der Waals surface area contributed by atoms with Crippen LogP contribution >= 0.6 is 11.6 Å². The van der Waals surface area contributed by atoms with Crippen molar-refractivity contribution in [2.75, 3.05) is 12.4 Å². The first-order valence-corrected chi connectivity index (χ1v) is 5.42. The Morgan fingerprint density at radius 2 is 1.69 bits per heavy atom. The first kappa shape index (κ1) is 11.1. The number of allylic oxidation sites excluding steroid dienone is 1. The summed E-state index contributed by atoms with van der Waals surface area (Å²) in [5, 5.41) is 3.53. The predicted octanol–water partition coefficient (Wildman–Crippen LogP) is 2.81. The van der Waals surface area contributed by atoms with E-state index in [4.69, 9.17) is 11.6 Å². The van der Waals surface area contributed by atoms with Gasteiger partial charge in [0.25, 0.3) is 0 Å². The molecule has 0 bridgehead atoms. The number of halogens is 1. The minimum Gasteiger partial charge on any atom is -0.309 e. The minimum absolute atomic E-state index is 0.432.